The van der Waals surface area contributed by atoms with Crippen LogP contribution in [0.3, 0.4) is 0 Å². The molecule has 6 nitrogen and oxygen atoms in total. The first-order chi connectivity index (χ1) is 9.56. The third-order valence-electron chi connectivity index (χ3n) is 2.93. The molecule has 2 aromatic rings. The van der Waals surface area contributed by atoms with Crippen LogP contribution >= 0.6 is 0 Å². The van der Waals surface area contributed by atoms with Crippen molar-refractivity contribution in [3.05, 3.63) is 42.0 Å². The molecule has 2 aromatic heterocycles. The number of nitrogens with one attached hydrogen (secondary N) is 1. The van der Waals surface area contributed by atoms with Crippen molar-refractivity contribution in [1.82, 2.24) is 4.98 Å². The Balaban J connectivity index is 2.00. The molecule has 0 bridgehead atoms. The zero-order chi connectivity index (χ0) is 14.5. The number of nitrogens with zero attached hydrogens (tertiary/aromatic N) is 1. The second-order valence-corrected chi connectivity index (χ2v) is 4.63. The fourth-order valence-electron chi connectivity index (χ4n) is 1.88. The lowest BCUT2D eigenvalue weighted by atomic mass is 10.1. The Morgan fingerprint density at radius 2 is 2.40 bits per heavy atom. The van der Waals surface area contributed by atoms with E-state index in [1.807, 2.05) is 19.1 Å². The van der Waals surface area contributed by atoms with Gasteiger partial charge in [0.25, 0.3) is 0 Å². The first-order valence-electron chi connectivity index (χ1n) is 6.34. The molecule has 2 rings (SSSR count). The summed E-state index contributed by atoms with van der Waals surface area (Å²) in [6, 6.07) is 5.22. The van der Waals surface area contributed by atoms with Gasteiger partial charge < -0.3 is 20.6 Å². The van der Waals surface area contributed by atoms with Gasteiger partial charge in [-0.2, -0.15) is 0 Å². The van der Waals surface area contributed by atoms with Gasteiger partial charge in [-0.3, -0.25) is 0 Å². The molecule has 106 valence electrons. The summed E-state index contributed by atoms with van der Waals surface area (Å²) in [5, 5.41) is 12.2. The van der Waals surface area contributed by atoms with E-state index < -0.39 is 5.97 Å². The minimum absolute atomic E-state index is 0.0642. The number of nitrogens with two attached hydrogens (primary N) is 1. The number of aromatic nitrogens is 1. The molecule has 0 aliphatic carbocycles. The lowest BCUT2D eigenvalue weighted by Gasteiger charge is -2.15. The molecule has 0 aliphatic rings. The van der Waals surface area contributed by atoms with Crippen LogP contribution in [0, 0.1) is 0 Å². The van der Waals surface area contributed by atoms with Crippen molar-refractivity contribution in [3.8, 4) is 0 Å². The summed E-state index contributed by atoms with van der Waals surface area (Å²) in [4.78, 5) is 15.2. The fourth-order valence-corrected chi connectivity index (χ4v) is 1.88. The maximum absolute atomic E-state index is 11.1. The molecule has 6 heteroatoms. The molecular formula is C14H17N3O3. The van der Waals surface area contributed by atoms with E-state index in [2.05, 4.69) is 10.3 Å². The Kier molecular flexibility index (Phi) is 4.24. The van der Waals surface area contributed by atoms with E-state index in [1.54, 1.807) is 6.26 Å². The standard InChI is InChI=1S/C14H17N3O3/c1-9(4-5-11-3-2-6-20-11)17-13-12(14(18)19)7-10(15)8-16-13/h2-3,6-9H,4-5,15H2,1H3,(H,16,17)(H,18,19). The van der Waals surface area contributed by atoms with Crippen molar-refractivity contribution in [1.29, 1.82) is 0 Å². The van der Waals surface area contributed by atoms with E-state index in [1.165, 1.54) is 12.3 Å². The molecule has 1 atom stereocenters. The van der Waals surface area contributed by atoms with Gasteiger partial charge in [-0.15, -0.1) is 0 Å². The predicted octanol–water partition coefficient (Wildman–Crippen LogP) is 2.39. The largest absolute Gasteiger partial charge is 0.478 e. The molecule has 4 N–H and O–H groups in total. The van der Waals surface area contributed by atoms with Crippen LogP contribution in [0.1, 0.15) is 29.5 Å². The SMILES string of the molecule is CC(CCc1ccco1)Nc1ncc(N)cc1C(=O)O. The van der Waals surface area contributed by atoms with Gasteiger partial charge in [-0.25, -0.2) is 9.78 Å². The molecular weight excluding hydrogens is 258 g/mol. The molecule has 0 aliphatic heterocycles. The van der Waals surface area contributed by atoms with Crippen molar-refractivity contribution in [2.45, 2.75) is 25.8 Å². The monoisotopic (exact) mass is 275 g/mol. The Bertz CT molecular complexity index is 581. The van der Waals surface area contributed by atoms with Gasteiger partial charge in [-0.05, 0) is 31.5 Å². The summed E-state index contributed by atoms with van der Waals surface area (Å²) < 4.78 is 5.26. The quantitative estimate of drug-likeness (QED) is 0.748. The topological polar surface area (TPSA) is 101 Å². The molecule has 0 saturated carbocycles. The van der Waals surface area contributed by atoms with E-state index in [4.69, 9.17) is 15.3 Å². The van der Waals surface area contributed by atoms with E-state index in [9.17, 15) is 4.79 Å². The highest BCUT2D eigenvalue weighted by molar-refractivity contribution is 5.94. The van der Waals surface area contributed by atoms with Crippen molar-refractivity contribution < 1.29 is 14.3 Å². The molecule has 0 amide bonds. The maximum Gasteiger partial charge on any atom is 0.339 e. The van der Waals surface area contributed by atoms with Crippen LogP contribution in [0.25, 0.3) is 0 Å². The van der Waals surface area contributed by atoms with Gasteiger partial charge in [0.2, 0.25) is 0 Å². The van der Waals surface area contributed by atoms with Crippen LogP contribution in [0.2, 0.25) is 0 Å². The number of aryl methyl sites for hydroxylation is 1. The number of rotatable bonds is 6. The van der Waals surface area contributed by atoms with Crippen molar-refractivity contribution >= 4 is 17.5 Å². The highest BCUT2D eigenvalue weighted by Gasteiger charge is 2.14. The average molecular weight is 275 g/mol. The molecule has 0 radical (unpaired) electrons. The van der Waals surface area contributed by atoms with Crippen LogP contribution < -0.4 is 11.1 Å². The number of aromatic carboxylic acids is 1. The molecule has 0 saturated heterocycles. The van der Waals surface area contributed by atoms with Gasteiger partial charge >= 0.3 is 5.97 Å². The van der Waals surface area contributed by atoms with Crippen LogP contribution in [-0.2, 0) is 6.42 Å². The smallest absolute Gasteiger partial charge is 0.339 e. The number of anilines is 2. The number of carboxylic acids is 1. The average Bonchev–Trinajstić information content (AvgIpc) is 2.91. The van der Waals surface area contributed by atoms with E-state index in [-0.39, 0.29) is 11.6 Å². The van der Waals surface area contributed by atoms with Crippen LogP contribution in [-0.4, -0.2) is 22.1 Å². The van der Waals surface area contributed by atoms with Crippen LogP contribution in [0.15, 0.2) is 35.1 Å². The summed E-state index contributed by atoms with van der Waals surface area (Å²) in [5.41, 5.74) is 5.96. The van der Waals surface area contributed by atoms with Crippen molar-refractivity contribution in [3.63, 3.8) is 0 Å². The molecule has 2 heterocycles. The fraction of sp³-hybridized carbons (Fsp3) is 0.286. The summed E-state index contributed by atoms with van der Waals surface area (Å²) in [5.74, 6) is 0.187. The van der Waals surface area contributed by atoms with Crippen LogP contribution in [0.5, 0.6) is 0 Å². The number of nitrogen functional groups attached to an aromatic ring is 1. The third kappa shape index (κ3) is 3.50. The summed E-state index contributed by atoms with van der Waals surface area (Å²) in [6.07, 6.45) is 4.66. The second kappa shape index (κ2) is 6.10. The van der Waals surface area contributed by atoms with Gasteiger partial charge in [0, 0.05) is 12.5 Å². The van der Waals surface area contributed by atoms with E-state index in [0.717, 1.165) is 18.6 Å². The van der Waals surface area contributed by atoms with Gasteiger partial charge in [0.05, 0.1) is 18.1 Å². The number of carbonyl (C=O) groups is 1. The maximum atomic E-state index is 11.1. The molecule has 0 spiro atoms. The lowest BCUT2D eigenvalue weighted by molar-refractivity contribution is 0.0697. The molecule has 1 unspecified atom stereocenters. The van der Waals surface area contributed by atoms with Crippen LogP contribution in [0.4, 0.5) is 11.5 Å². The Morgan fingerprint density at radius 1 is 1.60 bits per heavy atom. The summed E-state index contributed by atoms with van der Waals surface area (Å²) in [6.45, 7) is 1.96. The number of hydrogen-bond acceptors (Lipinski definition) is 5. The van der Waals surface area contributed by atoms with Gasteiger partial charge in [-0.1, -0.05) is 0 Å². The normalized spacial score (nSPS) is 12.1. The number of pyridine rings is 1. The lowest BCUT2D eigenvalue weighted by Crippen LogP contribution is -2.19. The molecule has 0 aromatic carbocycles. The van der Waals surface area contributed by atoms with E-state index in [0.29, 0.717) is 11.5 Å². The van der Waals surface area contributed by atoms with Crippen molar-refractivity contribution in [2.24, 2.45) is 0 Å². The first kappa shape index (κ1) is 13.9. The number of carboxylic acid groups (broad SMARTS) is 1. The number of hydrogen-bond donors (Lipinski definition) is 3. The van der Waals surface area contributed by atoms with Gasteiger partial charge in [0.1, 0.15) is 17.1 Å². The van der Waals surface area contributed by atoms with Gasteiger partial charge in [0.15, 0.2) is 0 Å². The molecule has 20 heavy (non-hydrogen) atoms. The summed E-state index contributed by atoms with van der Waals surface area (Å²) >= 11 is 0. The van der Waals surface area contributed by atoms with Crippen molar-refractivity contribution in [2.75, 3.05) is 11.1 Å². The minimum Gasteiger partial charge on any atom is -0.478 e. The second-order valence-electron chi connectivity index (χ2n) is 4.63. The third-order valence-corrected chi connectivity index (χ3v) is 2.93. The zero-order valence-corrected chi connectivity index (χ0v) is 11.2. The zero-order valence-electron chi connectivity index (χ0n) is 11.2. The van der Waals surface area contributed by atoms with E-state index >= 15 is 0 Å². The highest BCUT2D eigenvalue weighted by atomic mass is 16.4. The highest BCUT2D eigenvalue weighted by Crippen LogP contribution is 2.17. The number of furan rings is 1. The predicted molar refractivity (Wildman–Crippen MR) is 75.7 cm³/mol. The summed E-state index contributed by atoms with van der Waals surface area (Å²) in [7, 11) is 0. The minimum atomic E-state index is -1.05. The Labute approximate surface area is 116 Å². The first-order valence-corrected chi connectivity index (χ1v) is 6.34. The Hall–Kier alpha value is -2.50. The Morgan fingerprint density at radius 3 is 3.05 bits per heavy atom. The molecule has 0 fully saturated rings.